The molecule has 0 aromatic heterocycles. The van der Waals surface area contributed by atoms with Crippen LogP contribution in [0.4, 0.5) is 28.4 Å². The van der Waals surface area contributed by atoms with Gasteiger partial charge in [0.2, 0.25) is 0 Å². The van der Waals surface area contributed by atoms with Gasteiger partial charge in [-0.2, -0.15) is 0 Å². The summed E-state index contributed by atoms with van der Waals surface area (Å²) in [6, 6.07) is 56.5. The highest BCUT2D eigenvalue weighted by Gasteiger charge is 2.17. The maximum absolute atomic E-state index is 2.33. The fourth-order valence-electron chi connectivity index (χ4n) is 6.01. The lowest BCUT2D eigenvalue weighted by Crippen LogP contribution is -2.12. The molecule has 0 N–H and O–H groups in total. The van der Waals surface area contributed by atoms with E-state index in [2.05, 4.69) is 181 Å². The fourth-order valence-corrected chi connectivity index (χ4v) is 6.01. The van der Waals surface area contributed by atoms with Crippen molar-refractivity contribution in [1.82, 2.24) is 0 Å². The summed E-state index contributed by atoms with van der Waals surface area (Å²) in [5.74, 6) is 0. The van der Waals surface area contributed by atoms with Gasteiger partial charge < -0.3 is 9.80 Å². The van der Waals surface area contributed by atoms with E-state index in [1.165, 1.54) is 43.9 Å². The summed E-state index contributed by atoms with van der Waals surface area (Å²) in [7, 11) is 2.18. The Morgan fingerprint density at radius 3 is 1.76 bits per heavy atom. The minimum absolute atomic E-state index is 1.11. The lowest BCUT2D eigenvalue weighted by Gasteiger charge is -2.28. The van der Waals surface area contributed by atoms with Crippen molar-refractivity contribution >= 4 is 50.0 Å². The number of hydrogen-bond donors (Lipinski definition) is 0. The van der Waals surface area contributed by atoms with Crippen LogP contribution in [0.3, 0.4) is 0 Å². The predicted octanol–water partition coefficient (Wildman–Crippen LogP) is 11.2. The molecule has 7 aromatic carbocycles. The van der Waals surface area contributed by atoms with Gasteiger partial charge >= 0.3 is 0 Å². The minimum Gasteiger partial charge on any atom is -0.344 e. The summed E-state index contributed by atoms with van der Waals surface area (Å²) >= 11 is 0. The van der Waals surface area contributed by atoms with E-state index < -0.39 is 0 Å². The molecule has 0 aliphatic carbocycles. The number of anilines is 5. The SMILES string of the molecule is Cc1cccc2c(N(C)c3ccc(N(c4ccccc4)c4cccc(-c5ccccc5)c4)cc3)c3ccccc3cc12. The van der Waals surface area contributed by atoms with Crippen molar-refractivity contribution < 1.29 is 0 Å². The average molecular weight is 541 g/mol. The lowest BCUT2D eigenvalue weighted by atomic mass is 9.97. The molecule has 2 nitrogen and oxygen atoms in total. The number of para-hydroxylation sites is 1. The quantitative estimate of drug-likeness (QED) is 0.194. The first kappa shape index (κ1) is 25.6. The Kier molecular flexibility index (Phi) is 6.65. The van der Waals surface area contributed by atoms with Crippen LogP contribution in [0.25, 0.3) is 32.7 Å². The van der Waals surface area contributed by atoms with Gasteiger partial charge in [0.05, 0.1) is 5.69 Å². The second-order valence-electron chi connectivity index (χ2n) is 10.8. The van der Waals surface area contributed by atoms with Crippen molar-refractivity contribution in [2.75, 3.05) is 16.8 Å². The van der Waals surface area contributed by atoms with Crippen LogP contribution < -0.4 is 9.80 Å². The van der Waals surface area contributed by atoms with Crippen molar-refractivity contribution in [2.45, 2.75) is 6.92 Å². The molecule has 0 unspecified atom stereocenters. The van der Waals surface area contributed by atoms with Crippen LogP contribution in [0, 0.1) is 6.92 Å². The third-order valence-electron chi connectivity index (χ3n) is 8.15. The van der Waals surface area contributed by atoms with Gasteiger partial charge in [0.1, 0.15) is 0 Å². The number of aryl methyl sites for hydroxylation is 1. The van der Waals surface area contributed by atoms with E-state index in [1.54, 1.807) is 0 Å². The molecule has 0 atom stereocenters. The van der Waals surface area contributed by atoms with Crippen LogP contribution >= 0.6 is 0 Å². The van der Waals surface area contributed by atoms with E-state index >= 15 is 0 Å². The van der Waals surface area contributed by atoms with Crippen molar-refractivity contribution in [2.24, 2.45) is 0 Å². The van der Waals surface area contributed by atoms with Gasteiger partial charge in [-0.25, -0.2) is 0 Å². The third kappa shape index (κ3) is 4.67. The summed E-state index contributed by atoms with van der Waals surface area (Å²) < 4.78 is 0. The van der Waals surface area contributed by atoms with Crippen molar-refractivity contribution in [3.05, 3.63) is 163 Å². The van der Waals surface area contributed by atoms with Crippen molar-refractivity contribution in [3.63, 3.8) is 0 Å². The number of fused-ring (bicyclic) bond motifs is 2. The van der Waals surface area contributed by atoms with E-state index in [9.17, 15) is 0 Å². The van der Waals surface area contributed by atoms with Crippen LogP contribution in [0.1, 0.15) is 5.56 Å². The van der Waals surface area contributed by atoms with E-state index in [1.807, 2.05) is 0 Å². The maximum Gasteiger partial charge on any atom is 0.0567 e. The molecule has 0 fully saturated rings. The molecule has 0 bridgehead atoms. The summed E-state index contributed by atoms with van der Waals surface area (Å²) in [4.78, 5) is 4.66. The maximum atomic E-state index is 2.33. The standard InChI is InChI=1S/C40H32N2/c1-29-13-11-22-38-39(29)28-32-16-9-10-21-37(32)40(38)41(2)33-23-25-35(26-24-33)42(34-18-7-4-8-19-34)36-20-12-17-31(27-36)30-14-5-3-6-15-30/h3-28H,1-2H3. The van der Waals surface area contributed by atoms with Crippen molar-refractivity contribution in [3.8, 4) is 11.1 Å². The van der Waals surface area contributed by atoms with Crippen LogP contribution in [-0.2, 0) is 0 Å². The molecule has 0 heterocycles. The second kappa shape index (κ2) is 10.9. The lowest BCUT2D eigenvalue weighted by molar-refractivity contribution is 1.22. The Morgan fingerprint density at radius 1 is 0.405 bits per heavy atom. The Balaban J connectivity index is 1.32. The molecular formula is C40H32N2. The molecule has 0 amide bonds. The van der Waals surface area contributed by atoms with E-state index in [-0.39, 0.29) is 0 Å². The molecule has 7 rings (SSSR count). The van der Waals surface area contributed by atoms with Crippen molar-refractivity contribution in [1.29, 1.82) is 0 Å². The number of hydrogen-bond acceptors (Lipinski definition) is 2. The third-order valence-corrected chi connectivity index (χ3v) is 8.15. The summed E-state index contributed by atoms with van der Waals surface area (Å²) in [6.07, 6.45) is 0. The first-order valence-corrected chi connectivity index (χ1v) is 14.4. The summed E-state index contributed by atoms with van der Waals surface area (Å²) in [6.45, 7) is 2.20. The molecule has 0 saturated carbocycles. The van der Waals surface area contributed by atoms with Crippen LogP contribution in [0.15, 0.2) is 158 Å². The Morgan fingerprint density at radius 2 is 0.976 bits per heavy atom. The van der Waals surface area contributed by atoms with Crippen LogP contribution in [0.5, 0.6) is 0 Å². The van der Waals surface area contributed by atoms with Crippen LogP contribution in [0.2, 0.25) is 0 Å². The van der Waals surface area contributed by atoms with Gasteiger partial charge in [-0.1, -0.05) is 103 Å². The molecule has 0 aliphatic heterocycles. The zero-order valence-corrected chi connectivity index (χ0v) is 23.9. The van der Waals surface area contributed by atoms with Gasteiger partial charge in [0.25, 0.3) is 0 Å². The van der Waals surface area contributed by atoms with Gasteiger partial charge in [0.15, 0.2) is 0 Å². The van der Waals surface area contributed by atoms with Crippen LogP contribution in [-0.4, -0.2) is 7.05 Å². The minimum atomic E-state index is 1.11. The molecule has 0 spiro atoms. The topological polar surface area (TPSA) is 6.48 Å². The molecule has 42 heavy (non-hydrogen) atoms. The van der Waals surface area contributed by atoms with E-state index in [0.717, 1.165) is 22.7 Å². The van der Waals surface area contributed by atoms with E-state index in [4.69, 9.17) is 0 Å². The fraction of sp³-hybridized carbons (Fsp3) is 0.0500. The normalized spacial score (nSPS) is 11.1. The molecule has 202 valence electrons. The average Bonchev–Trinajstić information content (AvgIpc) is 3.05. The highest BCUT2D eigenvalue weighted by molar-refractivity contribution is 6.13. The molecule has 0 radical (unpaired) electrons. The Labute approximate surface area is 247 Å². The Hall–Kier alpha value is -5.34. The van der Waals surface area contributed by atoms with E-state index in [0.29, 0.717) is 0 Å². The smallest absolute Gasteiger partial charge is 0.0567 e. The highest BCUT2D eigenvalue weighted by atomic mass is 15.1. The molecule has 7 aromatic rings. The van der Waals surface area contributed by atoms with Gasteiger partial charge in [-0.3, -0.25) is 0 Å². The van der Waals surface area contributed by atoms with Gasteiger partial charge in [0, 0.05) is 40.6 Å². The zero-order chi connectivity index (χ0) is 28.5. The predicted molar refractivity (Wildman–Crippen MR) is 181 cm³/mol. The largest absolute Gasteiger partial charge is 0.344 e. The number of rotatable bonds is 6. The van der Waals surface area contributed by atoms with Gasteiger partial charge in [-0.05, 0) is 89.0 Å². The second-order valence-corrected chi connectivity index (χ2v) is 10.8. The Bertz CT molecular complexity index is 1990. The summed E-state index contributed by atoms with van der Waals surface area (Å²) in [5.41, 5.74) is 9.43. The summed E-state index contributed by atoms with van der Waals surface area (Å²) in [5, 5.41) is 5.07. The molecular weight excluding hydrogens is 508 g/mol. The molecule has 0 aliphatic rings. The molecule has 0 saturated heterocycles. The highest BCUT2D eigenvalue weighted by Crippen LogP contribution is 2.41. The number of benzene rings is 7. The van der Waals surface area contributed by atoms with Gasteiger partial charge in [-0.15, -0.1) is 0 Å². The monoisotopic (exact) mass is 540 g/mol. The first-order chi connectivity index (χ1) is 20.7. The molecule has 2 heteroatoms. The zero-order valence-electron chi connectivity index (χ0n) is 23.9. The first-order valence-electron chi connectivity index (χ1n) is 14.4. The number of nitrogens with zero attached hydrogens (tertiary/aromatic N) is 2.